The van der Waals surface area contributed by atoms with Crippen LogP contribution in [0.4, 0.5) is 23.5 Å². The Labute approximate surface area is 176 Å². The Morgan fingerprint density at radius 3 is 2.65 bits per heavy atom. The summed E-state index contributed by atoms with van der Waals surface area (Å²) in [5, 5.41) is 2.76. The van der Waals surface area contributed by atoms with Gasteiger partial charge in [-0.25, -0.2) is 14.4 Å². The minimum Gasteiger partial charge on any atom is -0.381 e. The van der Waals surface area contributed by atoms with E-state index in [9.17, 15) is 22.4 Å². The third kappa shape index (κ3) is 4.95. The Morgan fingerprint density at radius 2 is 1.94 bits per heavy atom. The van der Waals surface area contributed by atoms with Crippen LogP contribution in [0.3, 0.4) is 0 Å². The molecule has 1 aromatic carbocycles. The van der Waals surface area contributed by atoms with E-state index in [1.807, 2.05) is 11.0 Å². The fourth-order valence-electron chi connectivity index (χ4n) is 3.95. The van der Waals surface area contributed by atoms with E-state index in [1.165, 1.54) is 0 Å². The molecule has 1 amide bonds. The van der Waals surface area contributed by atoms with Crippen LogP contribution in [0.5, 0.6) is 0 Å². The van der Waals surface area contributed by atoms with Crippen LogP contribution in [0.25, 0.3) is 0 Å². The van der Waals surface area contributed by atoms with Crippen molar-refractivity contribution in [3.63, 3.8) is 0 Å². The number of rotatable bonds is 4. The predicted molar refractivity (Wildman–Crippen MR) is 104 cm³/mol. The Bertz CT molecular complexity index is 947. The molecular formula is C21H22F4N4O2. The molecule has 3 heterocycles. The number of hydrogen-bond donors (Lipinski definition) is 1. The molecule has 31 heavy (non-hydrogen) atoms. The molecule has 0 saturated carbocycles. The summed E-state index contributed by atoms with van der Waals surface area (Å²) in [4.78, 5) is 23.4. The number of carbonyl (C=O) groups is 1. The van der Waals surface area contributed by atoms with Crippen molar-refractivity contribution in [3.8, 4) is 0 Å². The molecule has 0 spiro atoms. The number of nitrogens with one attached hydrogen (secondary N) is 1. The fourth-order valence-corrected chi connectivity index (χ4v) is 3.95. The van der Waals surface area contributed by atoms with Crippen molar-refractivity contribution in [1.82, 2.24) is 15.3 Å². The molecule has 6 nitrogen and oxygen atoms in total. The van der Waals surface area contributed by atoms with Crippen LogP contribution >= 0.6 is 0 Å². The van der Waals surface area contributed by atoms with Crippen molar-refractivity contribution >= 4 is 11.9 Å². The number of benzene rings is 1. The van der Waals surface area contributed by atoms with E-state index in [4.69, 9.17) is 4.74 Å². The number of alkyl halides is 3. The van der Waals surface area contributed by atoms with Gasteiger partial charge in [0.1, 0.15) is 5.82 Å². The second kappa shape index (κ2) is 8.78. The number of nitrogens with zero attached hydrogens (tertiary/aromatic N) is 3. The molecule has 0 aliphatic carbocycles. The summed E-state index contributed by atoms with van der Waals surface area (Å²) in [6.07, 6.45) is -0.619. The summed E-state index contributed by atoms with van der Waals surface area (Å²) in [5.74, 6) is -1.16. The lowest BCUT2D eigenvalue weighted by Gasteiger charge is -2.23. The second-order valence-electron chi connectivity index (χ2n) is 7.77. The molecule has 1 aromatic heterocycles. The molecule has 2 saturated heterocycles. The number of aromatic nitrogens is 2. The second-order valence-corrected chi connectivity index (χ2v) is 7.77. The maximum atomic E-state index is 13.8. The zero-order chi connectivity index (χ0) is 22.0. The molecule has 10 heteroatoms. The lowest BCUT2D eigenvalue weighted by molar-refractivity contribution is -0.140. The number of hydrogen-bond acceptors (Lipinski definition) is 5. The maximum Gasteiger partial charge on any atom is 0.419 e. The number of halogens is 4. The van der Waals surface area contributed by atoms with Crippen molar-refractivity contribution in [3.05, 3.63) is 53.1 Å². The fraction of sp³-hybridized carbons (Fsp3) is 0.476. The average Bonchev–Trinajstić information content (AvgIpc) is 3.22. The number of ether oxygens (including phenoxy) is 1. The first-order valence-electron chi connectivity index (χ1n) is 10.1. The highest BCUT2D eigenvalue weighted by Crippen LogP contribution is 2.31. The van der Waals surface area contributed by atoms with Gasteiger partial charge in [-0.1, -0.05) is 0 Å². The molecule has 2 aromatic rings. The van der Waals surface area contributed by atoms with Crippen LogP contribution in [0.1, 0.15) is 46.8 Å². The normalized spacial score (nSPS) is 20.1. The topological polar surface area (TPSA) is 67.4 Å². The summed E-state index contributed by atoms with van der Waals surface area (Å²) in [7, 11) is 0. The Morgan fingerprint density at radius 1 is 1.16 bits per heavy atom. The van der Waals surface area contributed by atoms with E-state index in [-0.39, 0.29) is 11.6 Å². The Kier molecular flexibility index (Phi) is 6.08. The van der Waals surface area contributed by atoms with Gasteiger partial charge in [0.2, 0.25) is 5.95 Å². The third-order valence-corrected chi connectivity index (χ3v) is 5.65. The molecule has 2 aliphatic rings. The molecule has 0 radical (unpaired) electrons. The van der Waals surface area contributed by atoms with E-state index in [1.54, 1.807) is 6.20 Å². The lowest BCUT2D eigenvalue weighted by Crippen LogP contribution is -2.37. The van der Waals surface area contributed by atoms with Crippen molar-refractivity contribution < 1.29 is 27.1 Å². The summed E-state index contributed by atoms with van der Waals surface area (Å²) in [6, 6.07) is 3.85. The van der Waals surface area contributed by atoms with Gasteiger partial charge in [0.05, 0.1) is 5.56 Å². The molecule has 2 fully saturated rings. The molecule has 1 N–H and O–H groups in total. The largest absolute Gasteiger partial charge is 0.419 e. The minimum absolute atomic E-state index is 0.151. The van der Waals surface area contributed by atoms with Gasteiger partial charge in [-0.15, -0.1) is 0 Å². The van der Waals surface area contributed by atoms with E-state index >= 15 is 0 Å². The monoisotopic (exact) mass is 438 g/mol. The van der Waals surface area contributed by atoms with Gasteiger partial charge in [0, 0.05) is 55.7 Å². The van der Waals surface area contributed by atoms with E-state index in [0.29, 0.717) is 56.7 Å². The molecule has 0 bridgehead atoms. The van der Waals surface area contributed by atoms with Gasteiger partial charge in [0.15, 0.2) is 0 Å². The Hall–Kier alpha value is -2.75. The smallest absolute Gasteiger partial charge is 0.381 e. The molecule has 4 rings (SSSR count). The summed E-state index contributed by atoms with van der Waals surface area (Å²) >= 11 is 0. The third-order valence-electron chi connectivity index (χ3n) is 5.65. The van der Waals surface area contributed by atoms with E-state index < -0.39 is 23.5 Å². The first-order chi connectivity index (χ1) is 14.8. The van der Waals surface area contributed by atoms with Crippen molar-refractivity contribution in [2.45, 2.75) is 37.4 Å². The van der Waals surface area contributed by atoms with Crippen LogP contribution in [0.2, 0.25) is 0 Å². The van der Waals surface area contributed by atoms with Crippen LogP contribution in [0.15, 0.2) is 30.5 Å². The molecule has 2 aliphatic heterocycles. The highest BCUT2D eigenvalue weighted by atomic mass is 19.4. The lowest BCUT2D eigenvalue weighted by atomic mass is 9.96. The van der Waals surface area contributed by atoms with Crippen LogP contribution in [0, 0.1) is 5.82 Å². The zero-order valence-corrected chi connectivity index (χ0v) is 16.7. The first-order valence-corrected chi connectivity index (χ1v) is 10.1. The van der Waals surface area contributed by atoms with Crippen LogP contribution < -0.4 is 10.2 Å². The van der Waals surface area contributed by atoms with Gasteiger partial charge in [-0.05, 0) is 43.5 Å². The summed E-state index contributed by atoms with van der Waals surface area (Å²) < 4.78 is 57.2. The zero-order valence-electron chi connectivity index (χ0n) is 16.7. The standard InChI is InChI=1S/C21H22F4N4O2/c22-17-11-14(1-2-16(17)21(23,24)25)19(30)27-15-4-8-29(12-15)20-26-7-3-18(28-20)13-5-9-31-10-6-13/h1-3,7,11,13,15H,4-6,8-10,12H2,(H,27,30). The van der Waals surface area contributed by atoms with Crippen LogP contribution in [-0.2, 0) is 10.9 Å². The molecular weight excluding hydrogens is 416 g/mol. The van der Waals surface area contributed by atoms with Crippen molar-refractivity contribution in [1.29, 1.82) is 0 Å². The SMILES string of the molecule is O=C(NC1CCN(c2nccc(C3CCOCC3)n2)C1)c1ccc(C(F)(F)F)c(F)c1. The minimum atomic E-state index is -4.80. The van der Waals surface area contributed by atoms with Gasteiger partial charge in [-0.2, -0.15) is 13.2 Å². The first kappa shape index (κ1) is 21.5. The Balaban J connectivity index is 1.38. The number of amides is 1. The number of carbonyl (C=O) groups excluding carboxylic acids is 1. The van der Waals surface area contributed by atoms with Crippen molar-refractivity contribution in [2.75, 3.05) is 31.2 Å². The van der Waals surface area contributed by atoms with Crippen molar-refractivity contribution in [2.24, 2.45) is 0 Å². The maximum absolute atomic E-state index is 13.8. The van der Waals surface area contributed by atoms with Gasteiger partial charge in [-0.3, -0.25) is 4.79 Å². The van der Waals surface area contributed by atoms with Gasteiger partial charge < -0.3 is 15.0 Å². The van der Waals surface area contributed by atoms with E-state index in [0.717, 1.165) is 24.6 Å². The van der Waals surface area contributed by atoms with Gasteiger partial charge in [0.25, 0.3) is 5.91 Å². The van der Waals surface area contributed by atoms with Gasteiger partial charge >= 0.3 is 6.18 Å². The molecule has 1 unspecified atom stereocenters. The predicted octanol–water partition coefficient (Wildman–Crippen LogP) is 3.54. The highest BCUT2D eigenvalue weighted by Gasteiger charge is 2.34. The number of anilines is 1. The molecule has 166 valence electrons. The average molecular weight is 438 g/mol. The molecule has 1 atom stereocenters. The quantitative estimate of drug-likeness (QED) is 0.740. The summed E-state index contributed by atoms with van der Waals surface area (Å²) in [5.41, 5.74) is -0.569. The highest BCUT2D eigenvalue weighted by molar-refractivity contribution is 5.94. The van der Waals surface area contributed by atoms with Crippen LogP contribution in [-0.4, -0.2) is 48.2 Å². The summed E-state index contributed by atoms with van der Waals surface area (Å²) in [6.45, 7) is 2.52. The van der Waals surface area contributed by atoms with E-state index in [2.05, 4.69) is 15.3 Å².